The van der Waals surface area contributed by atoms with Crippen molar-refractivity contribution in [2.75, 3.05) is 5.32 Å². The second-order valence-corrected chi connectivity index (χ2v) is 4.60. The van der Waals surface area contributed by atoms with Gasteiger partial charge in [-0.05, 0) is 31.2 Å². The average molecular weight is 279 g/mol. The first-order valence-corrected chi connectivity index (χ1v) is 6.48. The Hall–Kier alpha value is -2.95. The summed E-state index contributed by atoms with van der Waals surface area (Å²) in [5.74, 6) is 0.136. The zero-order chi connectivity index (χ0) is 14.7. The molecular weight excluding hydrogens is 266 g/mol. The first-order chi connectivity index (χ1) is 10.2. The third-order valence-electron chi connectivity index (χ3n) is 3.04. The van der Waals surface area contributed by atoms with Crippen LogP contribution < -0.4 is 5.32 Å². The van der Waals surface area contributed by atoms with Crippen molar-refractivity contribution in [2.24, 2.45) is 0 Å². The van der Waals surface area contributed by atoms with Crippen molar-refractivity contribution in [3.05, 3.63) is 66.1 Å². The van der Waals surface area contributed by atoms with Crippen LogP contribution >= 0.6 is 0 Å². The van der Waals surface area contributed by atoms with E-state index in [0.29, 0.717) is 11.4 Å². The van der Waals surface area contributed by atoms with Gasteiger partial charge < -0.3 is 9.84 Å². The molecule has 0 saturated heterocycles. The Balaban J connectivity index is 2.00. The van der Waals surface area contributed by atoms with E-state index in [1.807, 2.05) is 37.3 Å². The highest BCUT2D eigenvalue weighted by molar-refractivity contribution is 6.08. The molecule has 104 valence electrons. The van der Waals surface area contributed by atoms with Gasteiger partial charge in [-0.25, -0.2) is 0 Å². The highest BCUT2D eigenvalue weighted by Crippen LogP contribution is 2.24. The molecule has 0 saturated carbocycles. The van der Waals surface area contributed by atoms with Crippen molar-refractivity contribution in [1.82, 2.24) is 10.1 Å². The molecule has 21 heavy (non-hydrogen) atoms. The SMILES string of the molecule is Cc1ccc(C(=O)Nc2ccon2)c(-c2ccccn2)c1. The number of rotatable bonds is 3. The molecule has 0 fully saturated rings. The van der Waals surface area contributed by atoms with Gasteiger partial charge in [-0.3, -0.25) is 9.78 Å². The zero-order valence-electron chi connectivity index (χ0n) is 11.4. The topological polar surface area (TPSA) is 68.0 Å². The van der Waals surface area contributed by atoms with E-state index in [4.69, 9.17) is 4.52 Å². The van der Waals surface area contributed by atoms with E-state index in [1.165, 1.54) is 6.26 Å². The maximum Gasteiger partial charge on any atom is 0.257 e. The second-order valence-electron chi connectivity index (χ2n) is 4.60. The van der Waals surface area contributed by atoms with E-state index in [-0.39, 0.29) is 5.91 Å². The first kappa shape index (κ1) is 13.1. The van der Waals surface area contributed by atoms with Gasteiger partial charge in [-0.1, -0.05) is 22.9 Å². The van der Waals surface area contributed by atoms with Gasteiger partial charge in [-0.2, -0.15) is 0 Å². The minimum absolute atomic E-state index is 0.246. The third kappa shape index (κ3) is 2.81. The quantitative estimate of drug-likeness (QED) is 0.798. The maximum absolute atomic E-state index is 12.4. The molecule has 2 aromatic heterocycles. The van der Waals surface area contributed by atoms with Gasteiger partial charge in [-0.15, -0.1) is 0 Å². The summed E-state index contributed by atoms with van der Waals surface area (Å²) in [6.45, 7) is 1.98. The third-order valence-corrected chi connectivity index (χ3v) is 3.04. The number of nitrogens with one attached hydrogen (secondary N) is 1. The molecule has 0 unspecified atom stereocenters. The van der Waals surface area contributed by atoms with Gasteiger partial charge in [0, 0.05) is 23.4 Å². The van der Waals surface area contributed by atoms with Crippen LogP contribution in [0.2, 0.25) is 0 Å². The number of hydrogen-bond donors (Lipinski definition) is 1. The second kappa shape index (κ2) is 5.58. The largest absolute Gasteiger partial charge is 0.363 e. The molecule has 0 spiro atoms. The summed E-state index contributed by atoms with van der Waals surface area (Å²) in [6.07, 6.45) is 3.11. The van der Waals surface area contributed by atoms with Crippen molar-refractivity contribution in [2.45, 2.75) is 6.92 Å². The van der Waals surface area contributed by atoms with Crippen LogP contribution in [0.1, 0.15) is 15.9 Å². The van der Waals surface area contributed by atoms with Crippen LogP contribution in [0.4, 0.5) is 5.82 Å². The van der Waals surface area contributed by atoms with Gasteiger partial charge in [0.25, 0.3) is 5.91 Å². The van der Waals surface area contributed by atoms with Crippen molar-refractivity contribution in [1.29, 1.82) is 0 Å². The summed E-state index contributed by atoms with van der Waals surface area (Å²) >= 11 is 0. The van der Waals surface area contributed by atoms with Crippen LogP contribution in [-0.2, 0) is 0 Å². The number of aryl methyl sites for hydroxylation is 1. The number of aromatic nitrogens is 2. The van der Waals surface area contributed by atoms with Crippen LogP contribution in [0.25, 0.3) is 11.3 Å². The summed E-state index contributed by atoms with van der Waals surface area (Å²) in [5, 5.41) is 6.38. The van der Waals surface area contributed by atoms with Gasteiger partial charge in [0.15, 0.2) is 5.82 Å². The van der Waals surface area contributed by atoms with Gasteiger partial charge in [0.1, 0.15) is 6.26 Å². The number of hydrogen-bond acceptors (Lipinski definition) is 4. The minimum Gasteiger partial charge on any atom is -0.363 e. The highest BCUT2D eigenvalue weighted by atomic mass is 16.5. The Kier molecular flexibility index (Phi) is 3.47. The molecule has 3 aromatic rings. The summed E-state index contributed by atoms with van der Waals surface area (Å²) in [6, 6.07) is 12.8. The average Bonchev–Trinajstić information content (AvgIpc) is 3.01. The van der Waals surface area contributed by atoms with Gasteiger partial charge in [0.05, 0.1) is 5.69 Å². The Bertz CT molecular complexity index is 752. The van der Waals surface area contributed by atoms with E-state index in [2.05, 4.69) is 15.5 Å². The van der Waals surface area contributed by atoms with Crippen LogP contribution in [0.3, 0.4) is 0 Å². The fourth-order valence-corrected chi connectivity index (χ4v) is 2.05. The van der Waals surface area contributed by atoms with Crippen molar-refractivity contribution in [3.8, 4) is 11.3 Å². The lowest BCUT2D eigenvalue weighted by atomic mass is 10.0. The van der Waals surface area contributed by atoms with Gasteiger partial charge in [0.2, 0.25) is 0 Å². The summed E-state index contributed by atoms with van der Waals surface area (Å²) in [5.41, 5.74) is 3.15. The van der Waals surface area contributed by atoms with Crippen molar-refractivity contribution in [3.63, 3.8) is 0 Å². The first-order valence-electron chi connectivity index (χ1n) is 6.48. The lowest BCUT2D eigenvalue weighted by Gasteiger charge is -2.09. The molecule has 0 radical (unpaired) electrons. The molecule has 1 N–H and O–H groups in total. The number of carbonyl (C=O) groups is 1. The molecule has 0 bridgehead atoms. The van der Waals surface area contributed by atoms with Crippen LogP contribution in [0.15, 0.2) is 59.4 Å². The molecular formula is C16H13N3O2. The van der Waals surface area contributed by atoms with Gasteiger partial charge >= 0.3 is 0 Å². The summed E-state index contributed by atoms with van der Waals surface area (Å²) < 4.78 is 4.71. The standard InChI is InChI=1S/C16H13N3O2/c1-11-5-6-12(16(20)18-15-7-9-21-19-15)13(10-11)14-4-2-3-8-17-14/h2-10H,1H3,(H,18,19,20). The van der Waals surface area contributed by atoms with Crippen LogP contribution in [0.5, 0.6) is 0 Å². The highest BCUT2D eigenvalue weighted by Gasteiger charge is 2.14. The van der Waals surface area contributed by atoms with Crippen LogP contribution in [0, 0.1) is 6.92 Å². The van der Waals surface area contributed by atoms with Crippen molar-refractivity contribution < 1.29 is 9.32 Å². The number of pyridine rings is 1. The normalized spacial score (nSPS) is 10.3. The van der Waals surface area contributed by atoms with Crippen LogP contribution in [-0.4, -0.2) is 16.0 Å². The fourth-order valence-electron chi connectivity index (χ4n) is 2.05. The van der Waals surface area contributed by atoms with E-state index < -0.39 is 0 Å². The number of benzene rings is 1. The molecule has 0 aliphatic heterocycles. The molecule has 0 aliphatic carbocycles. The zero-order valence-corrected chi connectivity index (χ0v) is 11.4. The predicted octanol–water partition coefficient (Wildman–Crippen LogP) is 3.30. The molecule has 5 nitrogen and oxygen atoms in total. The van der Waals surface area contributed by atoms with E-state index in [0.717, 1.165) is 16.8 Å². The van der Waals surface area contributed by atoms with E-state index >= 15 is 0 Å². The molecule has 0 atom stereocenters. The minimum atomic E-state index is -0.246. The lowest BCUT2D eigenvalue weighted by molar-refractivity contribution is 0.102. The molecule has 5 heteroatoms. The molecule has 0 aliphatic rings. The Morgan fingerprint density at radius 2 is 2.10 bits per heavy atom. The number of nitrogens with zero attached hydrogens (tertiary/aromatic N) is 2. The molecule has 1 aromatic carbocycles. The Morgan fingerprint density at radius 3 is 2.81 bits per heavy atom. The fraction of sp³-hybridized carbons (Fsp3) is 0.0625. The number of anilines is 1. The van der Waals surface area contributed by atoms with E-state index in [9.17, 15) is 4.79 Å². The molecule has 3 rings (SSSR count). The summed E-state index contributed by atoms with van der Waals surface area (Å²) in [7, 11) is 0. The molecule has 2 heterocycles. The monoisotopic (exact) mass is 279 g/mol. The number of amides is 1. The van der Waals surface area contributed by atoms with Crippen molar-refractivity contribution >= 4 is 11.7 Å². The molecule has 1 amide bonds. The maximum atomic E-state index is 12.4. The predicted molar refractivity (Wildman–Crippen MR) is 78.9 cm³/mol. The summed E-state index contributed by atoms with van der Waals surface area (Å²) in [4.78, 5) is 16.7. The number of carbonyl (C=O) groups excluding carboxylic acids is 1. The Morgan fingerprint density at radius 1 is 1.19 bits per heavy atom. The lowest BCUT2D eigenvalue weighted by Crippen LogP contribution is -2.13. The van der Waals surface area contributed by atoms with E-state index in [1.54, 1.807) is 18.3 Å². The smallest absolute Gasteiger partial charge is 0.257 e. The Labute approximate surface area is 121 Å².